The molecule has 0 saturated heterocycles. The van der Waals surface area contributed by atoms with E-state index >= 15 is 0 Å². The van der Waals surface area contributed by atoms with Crippen LogP contribution in [0, 0.1) is 0 Å². The second kappa shape index (κ2) is 4.02. The van der Waals surface area contributed by atoms with Gasteiger partial charge in [0.05, 0.1) is 12.1 Å². The summed E-state index contributed by atoms with van der Waals surface area (Å²) in [6.07, 6.45) is 1.62. The summed E-state index contributed by atoms with van der Waals surface area (Å²) >= 11 is 0. The van der Waals surface area contributed by atoms with Gasteiger partial charge in [0.15, 0.2) is 11.5 Å². The van der Waals surface area contributed by atoms with E-state index in [0.29, 0.717) is 18.8 Å². The number of rotatable bonds is 1. The normalized spacial score (nSPS) is 25.2. The minimum atomic E-state index is -0.512. The largest absolute Gasteiger partial charge is 0.504 e. The van der Waals surface area contributed by atoms with E-state index in [2.05, 4.69) is 4.90 Å². The molecule has 0 saturated carbocycles. The maximum absolute atomic E-state index is 10.2. The van der Waals surface area contributed by atoms with Crippen LogP contribution < -0.4 is 9.64 Å². The van der Waals surface area contributed by atoms with Crippen LogP contribution in [0.3, 0.4) is 0 Å². The Balaban J connectivity index is 2.28. The Morgan fingerprint density at radius 3 is 2.89 bits per heavy atom. The highest BCUT2D eigenvalue weighted by atomic mass is 16.5. The van der Waals surface area contributed by atoms with Gasteiger partial charge in [0.1, 0.15) is 0 Å². The quantitative estimate of drug-likeness (QED) is 0.756. The third-order valence-corrected chi connectivity index (χ3v) is 4.54. The monoisotopic (exact) mass is 264 g/mol. The first-order valence-corrected chi connectivity index (χ1v) is 6.61. The van der Waals surface area contributed by atoms with E-state index in [1.54, 1.807) is 13.1 Å². The van der Waals surface area contributed by atoms with Gasteiger partial charge in [-0.3, -0.25) is 0 Å². The second-order valence-electron chi connectivity index (χ2n) is 5.66. The van der Waals surface area contributed by atoms with Gasteiger partial charge in [-0.05, 0) is 18.9 Å². The van der Waals surface area contributed by atoms with Gasteiger partial charge in [-0.15, -0.1) is 0 Å². The third-order valence-electron chi connectivity index (χ3n) is 4.54. The predicted octanol–water partition coefficient (Wildman–Crippen LogP) is 1.70. The zero-order valence-electron chi connectivity index (χ0n) is 11.6. The van der Waals surface area contributed by atoms with Crippen molar-refractivity contribution in [3.8, 4) is 11.5 Å². The average molecular weight is 264 g/mol. The van der Waals surface area contributed by atoms with E-state index < -0.39 is 5.54 Å². The Hall–Kier alpha value is -1.46. The third kappa shape index (κ3) is 1.61. The lowest BCUT2D eigenvalue weighted by molar-refractivity contribution is -0.160. The maximum atomic E-state index is 10.2. The van der Waals surface area contributed by atoms with Gasteiger partial charge in [-0.25, -0.2) is 0 Å². The van der Waals surface area contributed by atoms with Crippen LogP contribution in [0.15, 0.2) is 6.07 Å². The van der Waals surface area contributed by atoms with Crippen molar-refractivity contribution in [2.24, 2.45) is 0 Å². The Bertz CT molecular complexity index is 530. The highest BCUT2D eigenvalue weighted by molar-refractivity contribution is 5.70. The van der Waals surface area contributed by atoms with Crippen LogP contribution in [-0.4, -0.2) is 42.6 Å². The smallest absolute Gasteiger partial charge is 0.166 e. The number of likely N-dealkylation sites (N-methyl/N-ethyl adjacent to an activating group) is 1. The summed E-state index contributed by atoms with van der Waals surface area (Å²) in [5.74, 6) is 0.693. The molecule has 1 atom stereocenters. The van der Waals surface area contributed by atoms with Gasteiger partial charge >= 0.3 is 0 Å². The van der Waals surface area contributed by atoms with Crippen molar-refractivity contribution in [1.29, 1.82) is 0 Å². The summed E-state index contributed by atoms with van der Waals surface area (Å²) in [6.45, 7) is 3.42. The lowest BCUT2D eigenvalue weighted by atomic mass is 9.82. The molecule has 0 aliphatic carbocycles. The molecule has 2 N–H and O–H groups in total. The van der Waals surface area contributed by atoms with Crippen LogP contribution in [-0.2, 0) is 12.0 Å². The molecular weight excluding hydrogens is 244 g/mol. The number of hydroxylamine groups is 2. The Morgan fingerprint density at radius 2 is 2.21 bits per heavy atom. The SMILES string of the molecule is CN1CCc2c1cc(O)c1c2C(C)(N(C)O)CCO1. The molecule has 0 radical (unpaired) electrons. The molecule has 5 nitrogen and oxygen atoms in total. The molecular formula is C14H20N2O3. The van der Waals surface area contributed by atoms with Crippen LogP contribution in [0.4, 0.5) is 5.69 Å². The summed E-state index contributed by atoms with van der Waals surface area (Å²) in [5.41, 5.74) is 2.64. The lowest BCUT2D eigenvalue weighted by Crippen LogP contribution is -2.43. The van der Waals surface area contributed by atoms with Crippen LogP contribution in [0.5, 0.6) is 11.5 Å². The average Bonchev–Trinajstić information content (AvgIpc) is 2.71. The number of anilines is 1. The highest BCUT2D eigenvalue weighted by Crippen LogP contribution is 2.50. The number of fused-ring (bicyclic) bond motifs is 3. The van der Waals surface area contributed by atoms with E-state index in [0.717, 1.165) is 24.2 Å². The van der Waals surface area contributed by atoms with E-state index in [4.69, 9.17) is 4.74 Å². The van der Waals surface area contributed by atoms with Gasteiger partial charge in [-0.2, -0.15) is 5.06 Å². The molecule has 0 fully saturated rings. The lowest BCUT2D eigenvalue weighted by Gasteiger charge is -2.41. The highest BCUT2D eigenvalue weighted by Gasteiger charge is 2.42. The van der Waals surface area contributed by atoms with E-state index in [9.17, 15) is 10.3 Å². The Morgan fingerprint density at radius 1 is 1.47 bits per heavy atom. The van der Waals surface area contributed by atoms with Gasteiger partial charge in [0, 0.05) is 44.4 Å². The van der Waals surface area contributed by atoms with Gasteiger partial charge in [-0.1, -0.05) is 0 Å². The van der Waals surface area contributed by atoms with E-state index in [1.807, 2.05) is 14.0 Å². The number of phenols is 1. The first-order chi connectivity index (χ1) is 8.95. The van der Waals surface area contributed by atoms with Crippen molar-refractivity contribution in [1.82, 2.24) is 5.06 Å². The zero-order valence-corrected chi connectivity index (χ0v) is 11.6. The molecule has 0 amide bonds. The van der Waals surface area contributed by atoms with Crippen LogP contribution >= 0.6 is 0 Å². The Labute approximate surface area is 113 Å². The number of hydrogen-bond acceptors (Lipinski definition) is 5. The number of phenolic OH excluding ortho intramolecular Hbond substituents is 1. The molecule has 2 aliphatic heterocycles. The fraction of sp³-hybridized carbons (Fsp3) is 0.571. The Kier molecular flexibility index (Phi) is 2.66. The standard InChI is InChI=1S/C14H20N2O3/c1-14(16(3)18)5-7-19-13-11(17)8-10-9(12(13)14)4-6-15(10)2/h8,17-18H,4-7H2,1-3H3. The van der Waals surface area contributed by atoms with Gasteiger partial charge < -0.3 is 20.0 Å². The van der Waals surface area contributed by atoms with Gasteiger partial charge in [0.25, 0.3) is 0 Å². The molecule has 0 bridgehead atoms. The molecule has 104 valence electrons. The zero-order chi connectivity index (χ0) is 13.8. The van der Waals surface area contributed by atoms with Crippen molar-refractivity contribution in [3.05, 3.63) is 17.2 Å². The summed E-state index contributed by atoms with van der Waals surface area (Å²) in [7, 11) is 3.67. The maximum Gasteiger partial charge on any atom is 0.166 e. The fourth-order valence-corrected chi connectivity index (χ4v) is 3.19. The van der Waals surface area contributed by atoms with Crippen LogP contribution in [0.2, 0.25) is 0 Å². The number of hydrogen-bond donors (Lipinski definition) is 2. The first-order valence-electron chi connectivity index (χ1n) is 6.61. The summed E-state index contributed by atoms with van der Waals surface area (Å²) < 4.78 is 5.65. The minimum Gasteiger partial charge on any atom is -0.504 e. The second-order valence-corrected chi connectivity index (χ2v) is 5.66. The molecule has 0 spiro atoms. The van der Waals surface area contributed by atoms with Crippen molar-refractivity contribution < 1.29 is 15.1 Å². The fourth-order valence-electron chi connectivity index (χ4n) is 3.19. The minimum absolute atomic E-state index is 0.162. The topological polar surface area (TPSA) is 56.2 Å². The van der Waals surface area contributed by atoms with E-state index in [1.165, 1.54) is 10.6 Å². The number of aromatic hydroxyl groups is 1. The van der Waals surface area contributed by atoms with Crippen molar-refractivity contribution >= 4 is 5.69 Å². The molecule has 3 rings (SSSR count). The van der Waals surface area contributed by atoms with Crippen molar-refractivity contribution in [3.63, 3.8) is 0 Å². The molecule has 2 aliphatic rings. The molecule has 5 heteroatoms. The first kappa shape index (κ1) is 12.6. The van der Waals surface area contributed by atoms with Crippen LogP contribution in [0.25, 0.3) is 0 Å². The predicted molar refractivity (Wildman–Crippen MR) is 72.1 cm³/mol. The summed E-state index contributed by atoms with van der Waals surface area (Å²) in [4.78, 5) is 2.13. The molecule has 1 aromatic carbocycles. The summed E-state index contributed by atoms with van der Waals surface area (Å²) in [5, 5.41) is 21.5. The number of nitrogens with zero attached hydrogens (tertiary/aromatic N) is 2. The number of benzene rings is 1. The van der Waals surface area contributed by atoms with E-state index in [-0.39, 0.29) is 5.75 Å². The summed E-state index contributed by atoms with van der Waals surface area (Å²) in [6, 6.07) is 1.77. The van der Waals surface area contributed by atoms with Gasteiger partial charge in [0.2, 0.25) is 0 Å². The molecule has 0 aromatic heterocycles. The molecule has 1 aromatic rings. The van der Waals surface area contributed by atoms with Crippen LogP contribution in [0.1, 0.15) is 24.5 Å². The molecule has 2 heterocycles. The molecule has 19 heavy (non-hydrogen) atoms. The van der Waals surface area contributed by atoms with Crippen molar-refractivity contribution in [2.45, 2.75) is 25.3 Å². The van der Waals surface area contributed by atoms with Crippen molar-refractivity contribution in [2.75, 3.05) is 32.1 Å². The molecule has 1 unspecified atom stereocenters. The number of ether oxygens (including phenoxy) is 1.